The molecule has 2 N–H and O–H groups in total. The Kier molecular flexibility index (Phi) is 6.62. The predicted molar refractivity (Wildman–Crippen MR) is 112 cm³/mol. The van der Waals surface area contributed by atoms with Crippen LogP contribution in [0.3, 0.4) is 0 Å². The van der Waals surface area contributed by atoms with Gasteiger partial charge in [-0.05, 0) is 48.4 Å². The fourth-order valence-electron chi connectivity index (χ4n) is 2.97. The maximum Gasteiger partial charge on any atom is 0.253 e. The minimum atomic E-state index is -0.555. The SMILES string of the molecule is Cc1cc(F)ccc1NC(=O)C[C@H](NC(=O)c1ccccc1Cl)c1ccccc1. The fourth-order valence-corrected chi connectivity index (χ4v) is 3.19. The van der Waals surface area contributed by atoms with E-state index >= 15 is 0 Å². The monoisotopic (exact) mass is 410 g/mol. The Morgan fingerprint density at radius 3 is 2.38 bits per heavy atom. The molecule has 0 saturated carbocycles. The highest BCUT2D eigenvalue weighted by atomic mass is 35.5. The average Bonchev–Trinajstić information content (AvgIpc) is 2.70. The molecule has 0 aromatic heterocycles. The summed E-state index contributed by atoms with van der Waals surface area (Å²) in [6, 6.07) is 19.6. The van der Waals surface area contributed by atoms with Gasteiger partial charge in [-0.2, -0.15) is 0 Å². The normalized spacial score (nSPS) is 11.6. The summed E-state index contributed by atoms with van der Waals surface area (Å²) in [5, 5.41) is 6.00. The summed E-state index contributed by atoms with van der Waals surface area (Å²) in [5.41, 5.74) is 2.28. The first-order valence-electron chi connectivity index (χ1n) is 9.10. The Morgan fingerprint density at radius 2 is 1.69 bits per heavy atom. The molecule has 0 unspecified atom stereocenters. The zero-order valence-electron chi connectivity index (χ0n) is 15.8. The van der Waals surface area contributed by atoms with E-state index in [1.165, 1.54) is 18.2 Å². The maximum atomic E-state index is 13.3. The van der Waals surface area contributed by atoms with E-state index in [9.17, 15) is 14.0 Å². The fraction of sp³-hybridized carbons (Fsp3) is 0.130. The van der Waals surface area contributed by atoms with Crippen molar-refractivity contribution < 1.29 is 14.0 Å². The van der Waals surface area contributed by atoms with E-state index in [0.29, 0.717) is 21.8 Å². The number of amides is 2. The van der Waals surface area contributed by atoms with Crippen LogP contribution in [0.2, 0.25) is 5.02 Å². The first-order valence-corrected chi connectivity index (χ1v) is 9.48. The molecule has 0 saturated heterocycles. The van der Waals surface area contributed by atoms with E-state index in [4.69, 9.17) is 11.6 Å². The number of carbonyl (C=O) groups excluding carboxylic acids is 2. The molecule has 148 valence electrons. The second kappa shape index (κ2) is 9.34. The van der Waals surface area contributed by atoms with Crippen molar-refractivity contribution in [1.29, 1.82) is 0 Å². The van der Waals surface area contributed by atoms with Crippen LogP contribution in [0.1, 0.15) is 33.9 Å². The number of carbonyl (C=O) groups is 2. The lowest BCUT2D eigenvalue weighted by atomic mass is 10.0. The van der Waals surface area contributed by atoms with Gasteiger partial charge in [-0.1, -0.05) is 54.1 Å². The molecule has 29 heavy (non-hydrogen) atoms. The van der Waals surface area contributed by atoms with Gasteiger partial charge >= 0.3 is 0 Å². The van der Waals surface area contributed by atoms with Gasteiger partial charge in [0.05, 0.1) is 23.0 Å². The smallest absolute Gasteiger partial charge is 0.253 e. The maximum absolute atomic E-state index is 13.3. The molecule has 0 radical (unpaired) electrons. The van der Waals surface area contributed by atoms with Gasteiger partial charge in [-0.3, -0.25) is 9.59 Å². The summed E-state index contributed by atoms with van der Waals surface area (Å²) in [4.78, 5) is 25.3. The number of hydrogen-bond acceptors (Lipinski definition) is 2. The molecule has 0 aliphatic rings. The van der Waals surface area contributed by atoms with Gasteiger partial charge in [-0.15, -0.1) is 0 Å². The molecule has 3 rings (SSSR count). The second-order valence-electron chi connectivity index (χ2n) is 6.63. The van der Waals surface area contributed by atoms with Crippen molar-refractivity contribution in [1.82, 2.24) is 5.32 Å². The molecule has 0 fully saturated rings. The quantitative estimate of drug-likeness (QED) is 0.580. The summed E-state index contributed by atoms with van der Waals surface area (Å²) in [5.74, 6) is -1.03. The lowest BCUT2D eigenvalue weighted by molar-refractivity contribution is -0.116. The summed E-state index contributed by atoms with van der Waals surface area (Å²) >= 11 is 6.12. The Balaban J connectivity index is 1.78. The molecule has 0 aliphatic carbocycles. The lowest BCUT2D eigenvalue weighted by Gasteiger charge is -2.20. The molecule has 6 heteroatoms. The van der Waals surface area contributed by atoms with Crippen molar-refractivity contribution in [3.63, 3.8) is 0 Å². The van der Waals surface area contributed by atoms with Crippen LogP contribution in [0.4, 0.5) is 10.1 Å². The number of nitrogens with one attached hydrogen (secondary N) is 2. The van der Waals surface area contributed by atoms with E-state index in [1.807, 2.05) is 30.3 Å². The van der Waals surface area contributed by atoms with E-state index in [2.05, 4.69) is 10.6 Å². The van der Waals surface area contributed by atoms with Gasteiger partial charge in [0.2, 0.25) is 5.91 Å². The van der Waals surface area contributed by atoms with E-state index in [-0.39, 0.29) is 24.1 Å². The van der Waals surface area contributed by atoms with Crippen molar-refractivity contribution in [3.8, 4) is 0 Å². The van der Waals surface area contributed by atoms with Crippen LogP contribution < -0.4 is 10.6 Å². The van der Waals surface area contributed by atoms with Crippen molar-refractivity contribution >= 4 is 29.1 Å². The number of halogens is 2. The molecule has 3 aromatic carbocycles. The van der Waals surface area contributed by atoms with E-state index in [0.717, 1.165) is 5.56 Å². The van der Waals surface area contributed by atoms with Crippen LogP contribution in [0.25, 0.3) is 0 Å². The lowest BCUT2D eigenvalue weighted by Crippen LogP contribution is -2.31. The van der Waals surface area contributed by atoms with E-state index < -0.39 is 6.04 Å². The van der Waals surface area contributed by atoms with Gasteiger partial charge < -0.3 is 10.6 Å². The van der Waals surface area contributed by atoms with Gasteiger partial charge in [0, 0.05) is 5.69 Å². The Hall–Kier alpha value is -3.18. The largest absolute Gasteiger partial charge is 0.345 e. The molecular formula is C23H20ClFN2O2. The van der Waals surface area contributed by atoms with Crippen molar-refractivity contribution in [2.75, 3.05) is 5.32 Å². The van der Waals surface area contributed by atoms with Crippen LogP contribution in [0.5, 0.6) is 0 Å². The van der Waals surface area contributed by atoms with Gasteiger partial charge in [-0.25, -0.2) is 4.39 Å². The molecule has 0 spiro atoms. The summed E-state index contributed by atoms with van der Waals surface area (Å²) < 4.78 is 13.3. The second-order valence-corrected chi connectivity index (χ2v) is 7.04. The van der Waals surface area contributed by atoms with Gasteiger partial charge in [0.1, 0.15) is 5.82 Å². The third kappa shape index (κ3) is 5.42. The van der Waals surface area contributed by atoms with E-state index in [1.54, 1.807) is 31.2 Å². The summed E-state index contributed by atoms with van der Waals surface area (Å²) in [7, 11) is 0. The Labute approximate surface area is 173 Å². The van der Waals surface area contributed by atoms with Crippen LogP contribution >= 0.6 is 11.6 Å². The molecule has 0 bridgehead atoms. The van der Waals surface area contributed by atoms with Gasteiger partial charge in [0.25, 0.3) is 5.91 Å². The Bertz CT molecular complexity index is 1020. The zero-order valence-corrected chi connectivity index (χ0v) is 16.5. The van der Waals surface area contributed by atoms with Crippen LogP contribution in [-0.2, 0) is 4.79 Å². The van der Waals surface area contributed by atoms with Gasteiger partial charge in [0.15, 0.2) is 0 Å². The summed E-state index contributed by atoms with van der Waals surface area (Å²) in [6.45, 7) is 1.71. The molecule has 2 amide bonds. The topological polar surface area (TPSA) is 58.2 Å². The highest BCUT2D eigenvalue weighted by molar-refractivity contribution is 6.33. The number of benzene rings is 3. The van der Waals surface area contributed by atoms with Crippen LogP contribution in [0, 0.1) is 12.7 Å². The molecule has 3 aromatic rings. The minimum absolute atomic E-state index is 0.0109. The molecular weight excluding hydrogens is 391 g/mol. The molecule has 0 aliphatic heterocycles. The number of anilines is 1. The van der Waals surface area contributed by atoms with Crippen LogP contribution in [0.15, 0.2) is 72.8 Å². The number of hydrogen-bond donors (Lipinski definition) is 2. The predicted octanol–water partition coefficient (Wildman–Crippen LogP) is 5.29. The van der Waals surface area contributed by atoms with Crippen LogP contribution in [-0.4, -0.2) is 11.8 Å². The zero-order chi connectivity index (χ0) is 20.8. The molecule has 1 atom stereocenters. The van der Waals surface area contributed by atoms with Crippen molar-refractivity contribution in [3.05, 3.63) is 100 Å². The standard InChI is InChI=1S/C23H20ClFN2O2/c1-15-13-17(25)11-12-20(15)26-22(28)14-21(16-7-3-2-4-8-16)27-23(29)18-9-5-6-10-19(18)24/h2-13,21H,14H2,1H3,(H,26,28)(H,27,29)/t21-/m0/s1. The first kappa shape index (κ1) is 20.6. The highest BCUT2D eigenvalue weighted by Crippen LogP contribution is 2.22. The summed E-state index contributed by atoms with van der Waals surface area (Å²) in [6.07, 6.45) is 0.0109. The number of rotatable bonds is 6. The first-order chi connectivity index (χ1) is 13.9. The minimum Gasteiger partial charge on any atom is -0.345 e. The number of aryl methyl sites for hydroxylation is 1. The third-order valence-electron chi connectivity index (χ3n) is 4.48. The highest BCUT2D eigenvalue weighted by Gasteiger charge is 2.20. The Morgan fingerprint density at radius 1 is 1.00 bits per heavy atom. The van der Waals surface area contributed by atoms with Crippen molar-refractivity contribution in [2.24, 2.45) is 0 Å². The average molecular weight is 411 g/mol. The third-order valence-corrected chi connectivity index (χ3v) is 4.81. The van der Waals surface area contributed by atoms with Crippen molar-refractivity contribution in [2.45, 2.75) is 19.4 Å². The molecule has 4 nitrogen and oxygen atoms in total. The molecule has 0 heterocycles.